The van der Waals surface area contributed by atoms with Crippen LogP contribution in [-0.2, 0) is 0 Å². The Morgan fingerprint density at radius 2 is 1.25 bits per heavy atom. The molecule has 1 heteroatoms. The summed E-state index contributed by atoms with van der Waals surface area (Å²) < 4.78 is 0. The highest BCUT2D eigenvalue weighted by Gasteiger charge is 2.08. The van der Waals surface area contributed by atoms with Crippen molar-refractivity contribution < 1.29 is 0 Å². The fourth-order valence-corrected chi connectivity index (χ4v) is 3.16. The van der Waals surface area contributed by atoms with Gasteiger partial charge in [-0.15, -0.1) is 0 Å². The number of hydrogen-bond donors (Lipinski definition) is 0. The fraction of sp³-hybridized carbons (Fsp3) is 0.0435. The maximum atomic E-state index is 2.26. The maximum Gasteiger partial charge on any atom is 0.0487 e. The number of hydrogen-bond acceptors (Lipinski definition) is 1. The molecule has 0 atom stereocenters. The molecule has 0 N–H and O–H groups in total. The smallest absolute Gasteiger partial charge is 0.0487 e. The van der Waals surface area contributed by atoms with Gasteiger partial charge in [0.05, 0.1) is 0 Å². The molecule has 4 aromatic rings. The van der Waals surface area contributed by atoms with Gasteiger partial charge in [-0.1, -0.05) is 78.9 Å². The van der Waals surface area contributed by atoms with Crippen molar-refractivity contribution in [3.8, 4) is 11.1 Å². The van der Waals surface area contributed by atoms with Gasteiger partial charge >= 0.3 is 0 Å². The van der Waals surface area contributed by atoms with Gasteiger partial charge in [0, 0.05) is 23.8 Å². The molecule has 0 aliphatic heterocycles. The largest absolute Gasteiger partial charge is 0.344 e. The van der Waals surface area contributed by atoms with Crippen LogP contribution in [0.5, 0.6) is 0 Å². The average molecular weight is 309 g/mol. The molecule has 4 rings (SSSR count). The van der Waals surface area contributed by atoms with Crippen LogP contribution in [0.3, 0.4) is 0 Å². The number of anilines is 2. The molecule has 1 nitrogen and oxygen atoms in total. The van der Waals surface area contributed by atoms with Gasteiger partial charge in [-0.25, -0.2) is 0 Å². The summed E-state index contributed by atoms with van der Waals surface area (Å²) in [6, 6.07) is 34.2. The molecule has 0 aliphatic rings. The Bertz CT molecular complexity index is 968. The van der Waals surface area contributed by atoms with E-state index in [0.29, 0.717) is 0 Å². The summed E-state index contributed by atoms with van der Waals surface area (Å²) in [4.78, 5) is 2.26. The predicted octanol–water partition coefficient (Wildman–Crippen LogP) is 6.27. The van der Waals surface area contributed by atoms with Crippen LogP contribution in [0.2, 0.25) is 0 Å². The minimum atomic E-state index is 1.19. The van der Waals surface area contributed by atoms with Crippen LogP contribution in [0.15, 0.2) is 97.1 Å². The monoisotopic (exact) mass is 309 g/mol. The van der Waals surface area contributed by atoms with Crippen LogP contribution < -0.4 is 4.90 Å². The quantitative estimate of drug-likeness (QED) is 0.431. The Labute approximate surface area is 142 Å². The Kier molecular flexibility index (Phi) is 3.76. The highest BCUT2D eigenvalue weighted by atomic mass is 15.1. The highest BCUT2D eigenvalue weighted by molar-refractivity contribution is 5.96. The van der Waals surface area contributed by atoms with Gasteiger partial charge in [0.15, 0.2) is 0 Å². The highest BCUT2D eigenvalue weighted by Crippen LogP contribution is 2.32. The molecule has 0 saturated heterocycles. The van der Waals surface area contributed by atoms with E-state index < -0.39 is 0 Å². The van der Waals surface area contributed by atoms with Crippen molar-refractivity contribution in [2.24, 2.45) is 0 Å². The molecule has 116 valence electrons. The van der Waals surface area contributed by atoms with Crippen molar-refractivity contribution >= 4 is 22.1 Å². The lowest BCUT2D eigenvalue weighted by Gasteiger charge is -2.22. The van der Waals surface area contributed by atoms with E-state index in [-0.39, 0.29) is 0 Å². The molecule has 4 aromatic carbocycles. The summed E-state index contributed by atoms with van der Waals surface area (Å²) in [5, 5.41) is 2.54. The third-order valence-corrected chi connectivity index (χ3v) is 4.47. The first-order valence-corrected chi connectivity index (χ1v) is 8.20. The molecule has 0 bridgehead atoms. The molecule has 0 amide bonds. The molecule has 0 unspecified atom stereocenters. The van der Waals surface area contributed by atoms with Gasteiger partial charge in [0.25, 0.3) is 0 Å². The van der Waals surface area contributed by atoms with Gasteiger partial charge in [-0.05, 0) is 34.7 Å². The lowest BCUT2D eigenvalue weighted by Crippen LogP contribution is -2.09. The zero-order valence-corrected chi connectivity index (χ0v) is 13.7. The number of fused-ring (bicyclic) bond motifs is 1. The first-order valence-electron chi connectivity index (χ1n) is 8.20. The Hall–Kier alpha value is -3.06. The maximum absolute atomic E-state index is 2.26. The van der Waals surface area contributed by atoms with Gasteiger partial charge in [0.2, 0.25) is 0 Å². The van der Waals surface area contributed by atoms with Crippen molar-refractivity contribution in [2.45, 2.75) is 0 Å². The fourth-order valence-electron chi connectivity index (χ4n) is 3.16. The van der Waals surface area contributed by atoms with E-state index in [1.54, 1.807) is 0 Å². The average Bonchev–Trinajstić information content (AvgIpc) is 2.68. The van der Waals surface area contributed by atoms with E-state index in [9.17, 15) is 0 Å². The van der Waals surface area contributed by atoms with E-state index in [0.717, 1.165) is 0 Å². The molecular weight excluding hydrogens is 290 g/mol. The SMILES string of the molecule is CN(c1cccc(-c2ccccc2)c1)c1cccc2ccccc12. The first-order chi connectivity index (χ1) is 11.8. The van der Waals surface area contributed by atoms with Crippen LogP contribution >= 0.6 is 0 Å². The molecule has 0 aliphatic carbocycles. The third-order valence-electron chi connectivity index (χ3n) is 4.47. The lowest BCUT2D eigenvalue weighted by molar-refractivity contribution is 1.22. The zero-order chi connectivity index (χ0) is 16.4. The second-order valence-corrected chi connectivity index (χ2v) is 5.97. The zero-order valence-electron chi connectivity index (χ0n) is 13.7. The van der Waals surface area contributed by atoms with Crippen LogP contribution in [0.25, 0.3) is 21.9 Å². The Morgan fingerprint density at radius 1 is 0.583 bits per heavy atom. The summed E-state index contributed by atoms with van der Waals surface area (Å²) in [6.45, 7) is 0. The van der Waals surface area contributed by atoms with E-state index in [4.69, 9.17) is 0 Å². The first kappa shape index (κ1) is 14.5. The van der Waals surface area contributed by atoms with Crippen molar-refractivity contribution in [3.63, 3.8) is 0 Å². The molecule has 0 saturated carbocycles. The standard InChI is InChI=1S/C23H19N/c1-24(23-16-8-12-19-11-5-6-15-22(19)23)21-14-7-13-20(17-21)18-9-3-2-4-10-18/h2-17H,1H3. The molecular formula is C23H19N. The van der Waals surface area contributed by atoms with Gasteiger partial charge < -0.3 is 4.90 Å². The van der Waals surface area contributed by atoms with Crippen molar-refractivity contribution in [1.29, 1.82) is 0 Å². The summed E-state index contributed by atoms with van der Waals surface area (Å²) in [7, 11) is 2.13. The Balaban J connectivity index is 1.78. The second-order valence-electron chi connectivity index (χ2n) is 5.97. The summed E-state index contributed by atoms with van der Waals surface area (Å²) in [6.07, 6.45) is 0. The topological polar surface area (TPSA) is 3.24 Å². The number of rotatable bonds is 3. The summed E-state index contributed by atoms with van der Waals surface area (Å²) >= 11 is 0. The molecule has 0 fully saturated rings. The van der Waals surface area contributed by atoms with Crippen LogP contribution in [-0.4, -0.2) is 7.05 Å². The van der Waals surface area contributed by atoms with Crippen LogP contribution in [0.1, 0.15) is 0 Å². The van der Waals surface area contributed by atoms with Crippen LogP contribution in [0.4, 0.5) is 11.4 Å². The number of benzene rings is 4. The van der Waals surface area contributed by atoms with E-state index in [1.165, 1.54) is 33.3 Å². The molecule has 0 radical (unpaired) electrons. The van der Waals surface area contributed by atoms with Crippen molar-refractivity contribution in [1.82, 2.24) is 0 Å². The summed E-state index contributed by atoms with van der Waals surface area (Å²) in [5.41, 5.74) is 4.89. The van der Waals surface area contributed by atoms with Crippen LogP contribution in [0, 0.1) is 0 Å². The van der Waals surface area contributed by atoms with Crippen molar-refractivity contribution in [2.75, 3.05) is 11.9 Å². The van der Waals surface area contributed by atoms with Gasteiger partial charge in [-0.2, -0.15) is 0 Å². The van der Waals surface area contributed by atoms with E-state index >= 15 is 0 Å². The summed E-state index contributed by atoms with van der Waals surface area (Å²) in [5.74, 6) is 0. The Morgan fingerprint density at radius 3 is 2.12 bits per heavy atom. The number of nitrogens with zero attached hydrogens (tertiary/aromatic N) is 1. The van der Waals surface area contributed by atoms with Crippen molar-refractivity contribution in [3.05, 3.63) is 97.1 Å². The predicted molar refractivity (Wildman–Crippen MR) is 104 cm³/mol. The molecule has 24 heavy (non-hydrogen) atoms. The molecule has 0 spiro atoms. The second kappa shape index (κ2) is 6.21. The van der Waals surface area contributed by atoms with Gasteiger partial charge in [0.1, 0.15) is 0 Å². The molecule has 0 heterocycles. The third kappa shape index (κ3) is 2.65. The molecule has 0 aromatic heterocycles. The van der Waals surface area contributed by atoms with E-state index in [1.807, 2.05) is 0 Å². The van der Waals surface area contributed by atoms with E-state index in [2.05, 4.69) is 109 Å². The normalized spacial score (nSPS) is 10.7. The minimum Gasteiger partial charge on any atom is -0.344 e. The lowest BCUT2D eigenvalue weighted by atomic mass is 10.0. The van der Waals surface area contributed by atoms with Gasteiger partial charge in [-0.3, -0.25) is 0 Å². The minimum absolute atomic E-state index is 1.19.